The lowest BCUT2D eigenvalue weighted by atomic mass is 10.2. The summed E-state index contributed by atoms with van der Waals surface area (Å²) in [6.07, 6.45) is 0.932. The van der Waals surface area contributed by atoms with E-state index in [2.05, 4.69) is 33.8 Å². The van der Waals surface area contributed by atoms with Crippen LogP contribution in [-0.4, -0.2) is 18.1 Å². The van der Waals surface area contributed by atoms with Crippen LogP contribution in [-0.2, 0) is 13.2 Å². The zero-order valence-corrected chi connectivity index (χ0v) is 17.4. The van der Waals surface area contributed by atoms with Crippen LogP contribution in [0.5, 0.6) is 5.75 Å². The SMILES string of the molecule is O=c1cc(NCCCNCc2ccccc2OCc2ccccc2)[nH]c2ccccc12. The number of anilines is 1. The lowest BCUT2D eigenvalue weighted by Crippen LogP contribution is -2.18. The molecule has 0 bridgehead atoms. The average molecular weight is 414 g/mol. The van der Waals surface area contributed by atoms with E-state index in [0.29, 0.717) is 12.0 Å². The van der Waals surface area contributed by atoms with E-state index in [-0.39, 0.29) is 5.43 Å². The Morgan fingerprint density at radius 2 is 1.61 bits per heavy atom. The maximum absolute atomic E-state index is 12.2. The first-order valence-corrected chi connectivity index (χ1v) is 10.6. The smallest absolute Gasteiger partial charge is 0.191 e. The molecule has 0 atom stereocenters. The number of aromatic amines is 1. The third-order valence-electron chi connectivity index (χ3n) is 5.11. The molecule has 0 aliphatic rings. The number of H-pyrrole nitrogens is 1. The molecule has 0 amide bonds. The number of para-hydroxylation sites is 2. The van der Waals surface area contributed by atoms with Crippen LogP contribution in [0, 0.1) is 0 Å². The summed E-state index contributed by atoms with van der Waals surface area (Å²) in [6.45, 7) is 2.94. The van der Waals surface area contributed by atoms with Crippen molar-refractivity contribution in [3.05, 3.63) is 106 Å². The Kier molecular flexibility index (Phi) is 6.98. The molecule has 5 nitrogen and oxygen atoms in total. The van der Waals surface area contributed by atoms with Crippen molar-refractivity contribution >= 4 is 16.7 Å². The molecule has 0 radical (unpaired) electrons. The third-order valence-corrected chi connectivity index (χ3v) is 5.11. The highest BCUT2D eigenvalue weighted by molar-refractivity contribution is 5.79. The first kappa shape index (κ1) is 20.7. The molecule has 0 saturated heterocycles. The van der Waals surface area contributed by atoms with Gasteiger partial charge in [0.05, 0.1) is 5.52 Å². The van der Waals surface area contributed by atoms with Gasteiger partial charge >= 0.3 is 0 Å². The van der Waals surface area contributed by atoms with Gasteiger partial charge in [0.1, 0.15) is 18.2 Å². The van der Waals surface area contributed by atoms with Gasteiger partial charge in [0.15, 0.2) is 5.43 Å². The fourth-order valence-corrected chi connectivity index (χ4v) is 3.48. The van der Waals surface area contributed by atoms with E-state index >= 15 is 0 Å². The number of benzene rings is 3. The first-order valence-electron chi connectivity index (χ1n) is 10.6. The second kappa shape index (κ2) is 10.5. The molecule has 31 heavy (non-hydrogen) atoms. The topological polar surface area (TPSA) is 66.2 Å². The van der Waals surface area contributed by atoms with Crippen molar-refractivity contribution in [2.75, 3.05) is 18.4 Å². The summed E-state index contributed by atoms with van der Waals surface area (Å²) in [5.74, 6) is 1.66. The van der Waals surface area contributed by atoms with E-state index in [1.54, 1.807) is 6.07 Å². The summed E-state index contributed by atoms with van der Waals surface area (Å²) in [4.78, 5) is 15.5. The lowest BCUT2D eigenvalue weighted by molar-refractivity contribution is 0.302. The molecule has 3 aromatic carbocycles. The molecular weight excluding hydrogens is 386 g/mol. The van der Waals surface area contributed by atoms with Crippen molar-refractivity contribution in [3.63, 3.8) is 0 Å². The summed E-state index contributed by atoms with van der Waals surface area (Å²) < 4.78 is 6.02. The largest absolute Gasteiger partial charge is 0.489 e. The molecule has 0 saturated carbocycles. The second-order valence-electron chi connectivity index (χ2n) is 7.43. The molecule has 3 N–H and O–H groups in total. The minimum absolute atomic E-state index is 0.0297. The maximum Gasteiger partial charge on any atom is 0.191 e. The summed E-state index contributed by atoms with van der Waals surface area (Å²) in [5.41, 5.74) is 3.18. The van der Waals surface area contributed by atoms with Gasteiger partial charge in [0.2, 0.25) is 0 Å². The molecule has 0 aliphatic heterocycles. The van der Waals surface area contributed by atoms with Crippen LogP contribution in [0.2, 0.25) is 0 Å². The molecule has 158 valence electrons. The Morgan fingerprint density at radius 3 is 2.52 bits per heavy atom. The maximum atomic E-state index is 12.2. The fraction of sp³-hybridized carbons (Fsp3) is 0.192. The van der Waals surface area contributed by atoms with Crippen molar-refractivity contribution in [2.45, 2.75) is 19.6 Å². The molecule has 4 aromatic rings. The Labute approximate surface area is 182 Å². The quantitative estimate of drug-likeness (QED) is 0.330. The van der Waals surface area contributed by atoms with Crippen LogP contribution in [0.4, 0.5) is 5.82 Å². The number of ether oxygens (including phenoxy) is 1. The van der Waals surface area contributed by atoms with Gasteiger partial charge in [-0.15, -0.1) is 0 Å². The number of nitrogens with one attached hydrogen (secondary N) is 3. The van der Waals surface area contributed by atoms with Crippen molar-refractivity contribution in [3.8, 4) is 5.75 Å². The molecule has 5 heteroatoms. The number of aromatic nitrogens is 1. The highest BCUT2D eigenvalue weighted by atomic mass is 16.5. The normalized spacial score (nSPS) is 10.8. The second-order valence-corrected chi connectivity index (χ2v) is 7.43. The van der Waals surface area contributed by atoms with Crippen LogP contribution in [0.25, 0.3) is 10.9 Å². The fourth-order valence-electron chi connectivity index (χ4n) is 3.48. The predicted octanol–water partition coefficient (Wildman–Crippen LogP) is 4.70. The first-order chi connectivity index (χ1) is 15.3. The van der Waals surface area contributed by atoms with E-state index in [4.69, 9.17) is 4.74 Å². The Balaban J connectivity index is 1.22. The zero-order valence-electron chi connectivity index (χ0n) is 17.4. The predicted molar refractivity (Wildman–Crippen MR) is 127 cm³/mol. The van der Waals surface area contributed by atoms with Crippen LogP contribution in [0.15, 0.2) is 89.7 Å². The van der Waals surface area contributed by atoms with Gasteiger partial charge in [0.25, 0.3) is 0 Å². The van der Waals surface area contributed by atoms with E-state index < -0.39 is 0 Å². The number of hydrogen-bond acceptors (Lipinski definition) is 4. The van der Waals surface area contributed by atoms with Gasteiger partial charge in [-0.2, -0.15) is 0 Å². The number of fused-ring (bicyclic) bond motifs is 1. The molecule has 0 spiro atoms. The van der Waals surface area contributed by atoms with E-state index in [0.717, 1.165) is 54.3 Å². The average Bonchev–Trinajstić information content (AvgIpc) is 2.81. The van der Waals surface area contributed by atoms with Gasteiger partial charge in [-0.1, -0.05) is 60.7 Å². The standard InChI is InChI=1S/C26H27N3O2/c30-24-17-26(29-23-13-6-5-12-22(23)24)28-16-8-15-27-18-21-11-4-7-14-25(21)31-19-20-9-2-1-3-10-20/h1-7,9-14,17,27H,8,15-16,18-19H2,(H2,28,29,30). The lowest BCUT2D eigenvalue weighted by Gasteiger charge is -2.13. The third kappa shape index (κ3) is 5.74. The van der Waals surface area contributed by atoms with Crippen LogP contribution in [0.1, 0.15) is 17.5 Å². The van der Waals surface area contributed by atoms with Gasteiger partial charge in [-0.3, -0.25) is 4.79 Å². The zero-order chi connectivity index (χ0) is 21.3. The van der Waals surface area contributed by atoms with Crippen molar-refractivity contribution in [1.29, 1.82) is 0 Å². The van der Waals surface area contributed by atoms with Gasteiger partial charge < -0.3 is 20.4 Å². The van der Waals surface area contributed by atoms with E-state index in [1.807, 2.05) is 60.7 Å². The highest BCUT2D eigenvalue weighted by Gasteiger charge is 2.04. The van der Waals surface area contributed by atoms with Gasteiger partial charge in [-0.05, 0) is 36.7 Å². The Morgan fingerprint density at radius 1 is 0.839 bits per heavy atom. The number of rotatable bonds is 10. The van der Waals surface area contributed by atoms with Crippen molar-refractivity contribution in [1.82, 2.24) is 10.3 Å². The summed E-state index contributed by atoms with van der Waals surface area (Å²) in [5, 5.41) is 7.49. The Bertz CT molecular complexity index is 1170. The van der Waals surface area contributed by atoms with Gasteiger partial charge in [-0.25, -0.2) is 0 Å². The highest BCUT2D eigenvalue weighted by Crippen LogP contribution is 2.19. The summed E-state index contributed by atoms with van der Waals surface area (Å²) >= 11 is 0. The van der Waals surface area contributed by atoms with Crippen molar-refractivity contribution < 1.29 is 4.74 Å². The molecule has 0 unspecified atom stereocenters. The Hall–Kier alpha value is -3.57. The van der Waals surface area contributed by atoms with Crippen LogP contribution >= 0.6 is 0 Å². The number of hydrogen-bond donors (Lipinski definition) is 3. The molecular formula is C26H27N3O2. The monoisotopic (exact) mass is 413 g/mol. The van der Waals surface area contributed by atoms with Crippen LogP contribution < -0.4 is 20.8 Å². The summed E-state index contributed by atoms with van der Waals surface area (Å²) in [7, 11) is 0. The summed E-state index contributed by atoms with van der Waals surface area (Å²) in [6, 6.07) is 27.5. The minimum atomic E-state index is 0.0297. The van der Waals surface area contributed by atoms with Gasteiger partial charge in [0, 0.05) is 30.1 Å². The molecule has 1 heterocycles. The van der Waals surface area contributed by atoms with E-state index in [1.165, 1.54) is 0 Å². The minimum Gasteiger partial charge on any atom is -0.489 e. The number of pyridine rings is 1. The molecule has 0 fully saturated rings. The van der Waals surface area contributed by atoms with E-state index in [9.17, 15) is 4.79 Å². The molecule has 1 aromatic heterocycles. The molecule has 4 rings (SSSR count). The van der Waals surface area contributed by atoms with Crippen molar-refractivity contribution in [2.24, 2.45) is 0 Å². The van der Waals surface area contributed by atoms with Crippen LogP contribution in [0.3, 0.4) is 0 Å². The molecule has 0 aliphatic carbocycles.